The average Bonchev–Trinajstić information content (AvgIpc) is 3.27. The van der Waals surface area contributed by atoms with E-state index in [4.69, 9.17) is 9.47 Å². The lowest BCUT2D eigenvalue weighted by molar-refractivity contribution is -0.140. The molecule has 2 aliphatic rings. The van der Waals surface area contributed by atoms with Crippen LogP contribution in [0.2, 0.25) is 0 Å². The lowest BCUT2D eigenvalue weighted by atomic mass is 9.85. The molecule has 6 nitrogen and oxygen atoms in total. The number of ketones is 1. The Bertz CT molecular complexity index is 1110. The minimum absolute atomic E-state index is 0.0278. The standard InChI is InChI=1S/C27H31NO5/c1-16-14-19-15-18(8-11-21(19)33-16)24(29)22-23(28(12-13-32-5)26(31)25(22)30)17-6-9-20(10-7-17)27(2,3)4/h6-11,15-16,23,29H,12-14H2,1-5H3/b24-22-. The first kappa shape index (κ1) is 23.1. The van der Waals surface area contributed by atoms with Crippen LogP contribution in [0.3, 0.4) is 0 Å². The van der Waals surface area contributed by atoms with Crippen molar-refractivity contribution in [2.24, 2.45) is 0 Å². The summed E-state index contributed by atoms with van der Waals surface area (Å²) in [6, 6.07) is 12.6. The van der Waals surface area contributed by atoms with Gasteiger partial charge in [-0.25, -0.2) is 0 Å². The number of aliphatic hydroxyl groups excluding tert-OH is 1. The van der Waals surface area contributed by atoms with Crippen molar-refractivity contribution in [3.8, 4) is 5.75 Å². The maximum absolute atomic E-state index is 13.1. The molecule has 2 atom stereocenters. The summed E-state index contributed by atoms with van der Waals surface area (Å²) in [5, 5.41) is 11.3. The topological polar surface area (TPSA) is 76.1 Å². The van der Waals surface area contributed by atoms with Crippen molar-refractivity contribution in [2.75, 3.05) is 20.3 Å². The molecule has 0 aromatic heterocycles. The molecule has 0 bridgehead atoms. The summed E-state index contributed by atoms with van der Waals surface area (Å²) in [6.45, 7) is 8.92. The van der Waals surface area contributed by atoms with Crippen LogP contribution in [-0.4, -0.2) is 48.1 Å². The van der Waals surface area contributed by atoms with Crippen LogP contribution in [0, 0.1) is 0 Å². The largest absolute Gasteiger partial charge is 0.507 e. The predicted molar refractivity (Wildman–Crippen MR) is 126 cm³/mol. The highest BCUT2D eigenvalue weighted by Crippen LogP contribution is 2.41. The zero-order valence-corrected chi connectivity index (χ0v) is 19.8. The van der Waals surface area contributed by atoms with Gasteiger partial charge in [0, 0.05) is 25.6 Å². The van der Waals surface area contributed by atoms with Gasteiger partial charge in [0.25, 0.3) is 11.7 Å². The van der Waals surface area contributed by atoms with Gasteiger partial charge in [-0.05, 0) is 47.2 Å². The SMILES string of the molecule is COCCN1C(=O)C(=O)/C(=C(\O)c2ccc3c(c2)CC(C)O3)C1c1ccc(C(C)(C)C)cc1. The molecule has 1 N–H and O–H groups in total. The molecule has 2 aromatic rings. The van der Waals surface area contributed by atoms with Crippen LogP contribution in [0.1, 0.15) is 56.0 Å². The third-order valence-electron chi connectivity index (χ3n) is 6.34. The number of likely N-dealkylation sites (tertiary alicyclic amines) is 1. The second-order valence-electron chi connectivity index (χ2n) is 9.81. The number of nitrogens with zero attached hydrogens (tertiary/aromatic N) is 1. The van der Waals surface area contributed by atoms with Crippen molar-refractivity contribution in [1.29, 1.82) is 0 Å². The van der Waals surface area contributed by atoms with Gasteiger partial charge in [0.05, 0.1) is 18.2 Å². The van der Waals surface area contributed by atoms with Gasteiger partial charge < -0.3 is 19.5 Å². The van der Waals surface area contributed by atoms with Crippen LogP contribution in [-0.2, 0) is 26.2 Å². The lowest BCUT2D eigenvalue weighted by Crippen LogP contribution is -2.32. The molecule has 1 amide bonds. The number of rotatable bonds is 5. The summed E-state index contributed by atoms with van der Waals surface area (Å²) in [5.74, 6) is -0.690. The second-order valence-corrected chi connectivity index (χ2v) is 9.81. The molecule has 4 rings (SSSR count). The predicted octanol–water partition coefficient (Wildman–Crippen LogP) is 4.38. The first-order valence-corrected chi connectivity index (χ1v) is 11.3. The number of ether oxygens (including phenoxy) is 2. The molecular weight excluding hydrogens is 418 g/mol. The van der Waals surface area contributed by atoms with Gasteiger partial charge in [-0.15, -0.1) is 0 Å². The van der Waals surface area contributed by atoms with E-state index in [0.29, 0.717) is 5.56 Å². The third-order valence-corrected chi connectivity index (χ3v) is 6.34. The Kier molecular flexibility index (Phi) is 6.06. The summed E-state index contributed by atoms with van der Waals surface area (Å²) >= 11 is 0. The number of Topliss-reactive ketones (excluding diaryl/α,β-unsaturated/α-hetero) is 1. The smallest absolute Gasteiger partial charge is 0.295 e. The van der Waals surface area contributed by atoms with Crippen LogP contribution in [0.25, 0.3) is 5.76 Å². The van der Waals surface area contributed by atoms with Gasteiger partial charge in [-0.3, -0.25) is 9.59 Å². The van der Waals surface area contributed by atoms with E-state index in [9.17, 15) is 14.7 Å². The van der Waals surface area contributed by atoms with Gasteiger partial charge in [0.15, 0.2) is 0 Å². The van der Waals surface area contributed by atoms with Crippen LogP contribution in [0.5, 0.6) is 5.75 Å². The minimum atomic E-state index is -0.683. The highest BCUT2D eigenvalue weighted by Gasteiger charge is 2.46. The molecule has 6 heteroatoms. The average molecular weight is 450 g/mol. The Hall–Kier alpha value is -3.12. The first-order chi connectivity index (χ1) is 15.6. The number of hydrogen-bond acceptors (Lipinski definition) is 5. The summed E-state index contributed by atoms with van der Waals surface area (Å²) in [6.07, 6.45) is 0.800. The number of aliphatic hydroxyl groups is 1. The van der Waals surface area contributed by atoms with Gasteiger partial charge in [0.1, 0.15) is 17.6 Å². The van der Waals surface area contributed by atoms with Crippen molar-refractivity contribution in [2.45, 2.75) is 51.7 Å². The third kappa shape index (κ3) is 4.27. The van der Waals surface area contributed by atoms with E-state index in [1.54, 1.807) is 13.2 Å². The van der Waals surface area contributed by atoms with Gasteiger partial charge in [-0.1, -0.05) is 45.0 Å². The summed E-state index contributed by atoms with van der Waals surface area (Å²) < 4.78 is 10.9. The Labute approximate surface area is 194 Å². The summed E-state index contributed by atoms with van der Waals surface area (Å²) in [5.41, 5.74) is 3.48. The van der Waals surface area contributed by atoms with Crippen molar-refractivity contribution < 1.29 is 24.2 Å². The van der Waals surface area contributed by atoms with E-state index in [-0.39, 0.29) is 36.0 Å². The number of carbonyl (C=O) groups is 2. The quantitative estimate of drug-likeness (QED) is 0.417. The number of hydrogen-bond donors (Lipinski definition) is 1. The van der Waals surface area contributed by atoms with Gasteiger partial charge in [0.2, 0.25) is 0 Å². The monoisotopic (exact) mass is 449 g/mol. The highest BCUT2D eigenvalue weighted by atomic mass is 16.5. The lowest BCUT2D eigenvalue weighted by Gasteiger charge is -2.26. The van der Waals surface area contributed by atoms with E-state index in [1.165, 1.54) is 4.90 Å². The van der Waals surface area contributed by atoms with Crippen LogP contribution < -0.4 is 4.74 Å². The zero-order valence-electron chi connectivity index (χ0n) is 19.8. The van der Waals surface area contributed by atoms with Crippen molar-refractivity contribution in [3.05, 3.63) is 70.3 Å². The maximum Gasteiger partial charge on any atom is 0.295 e. The number of carbonyl (C=O) groups excluding carboxylic acids is 2. The van der Waals surface area contributed by atoms with E-state index in [0.717, 1.165) is 28.9 Å². The van der Waals surface area contributed by atoms with Gasteiger partial charge >= 0.3 is 0 Å². The molecule has 2 aliphatic heterocycles. The molecule has 2 heterocycles. The fourth-order valence-corrected chi connectivity index (χ4v) is 4.54. The zero-order chi connectivity index (χ0) is 23.9. The molecule has 1 saturated heterocycles. The molecular formula is C27H31NO5. The number of fused-ring (bicyclic) bond motifs is 1. The van der Waals surface area contributed by atoms with Gasteiger partial charge in [-0.2, -0.15) is 0 Å². The van der Waals surface area contributed by atoms with Crippen molar-refractivity contribution >= 4 is 17.4 Å². The molecule has 174 valence electrons. The Morgan fingerprint density at radius 3 is 2.48 bits per heavy atom. The molecule has 33 heavy (non-hydrogen) atoms. The summed E-state index contributed by atoms with van der Waals surface area (Å²) in [4.78, 5) is 27.6. The number of methoxy groups -OCH3 is 1. The fourth-order valence-electron chi connectivity index (χ4n) is 4.54. The Balaban J connectivity index is 1.81. The van der Waals surface area contributed by atoms with Crippen molar-refractivity contribution in [1.82, 2.24) is 4.90 Å². The van der Waals surface area contributed by atoms with Crippen LogP contribution in [0.15, 0.2) is 48.0 Å². The van der Waals surface area contributed by atoms with E-state index in [2.05, 4.69) is 20.8 Å². The Morgan fingerprint density at radius 1 is 1.15 bits per heavy atom. The molecule has 2 unspecified atom stereocenters. The van der Waals surface area contributed by atoms with E-state index in [1.807, 2.05) is 43.3 Å². The molecule has 0 saturated carbocycles. The molecule has 0 spiro atoms. The minimum Gasteiger partial charge on any atom is -0.507 e. The van der Waals surface area contributed by atoms with E-state index < -0.39 is 17.7 Å². The normalized spacial score (nSPS) is 21.9. The van der Waals surface area contributed by atoms with Crippen LogP contribution >= 0.6 is 0 Å². The molecule has 2 aromatic carbocycles. The highest BCUT2D eigenvalue weighted by molar-refractivity contribution is 6.46. The Morgan fingerprint density at radius 2 is 1.85 bits per heavy atom. The van der Waals surface area contributed by atoms with Crippen molar-refractivity contribution in [3.63, 3.8) is 0 Å². The summed E-state index contributed by atoms with van der Waals surface area (Å²) in [7, 11) is 1.55. The number of benzene rings is 2. The number of amides is 1. The molecule has 1 fully saturated rings. The maximum atomic E-state index is 13.1. The molecule has 0 radical (unpaired) electrons. The van der Waals surface area contributed by atoms with E-state index >= 15 is 0 Å². The van der Waals surface area contributed by atoms with Crippen LogP contribution in [0.4, 0.5) is 0 Å². The molecule has 0 aliphatic carbocycles. The first-order valence-electron chi connectivity index (χ1n) is 11.3. The fraction of sp³-hybridized carbons (Fsp3) is 0.407. The second kappa shape index (κ2) is 8.67.